The molecule has 0 aliphatic rings. The van der Waals surface area contributed by atoms with Crippen molar-refractivity contribution in [3.63, 3.8) is 0 Å². The molecule has 6 nitrogen and oxygen atoms in total. The molecule has 0 unspecified atom stereocenters. The van der Waals surface area contributed by atoms with E-state index in [9.17, 15) is 9.59 Å². The average molecular weight is 308 g/mol. The van der Waals surface area contributed by atoms with Gasteiger partial charge in [-0.2, -0.15) is 5.10 Å². The molecule has 1 N–H and O–H groups in total. The molecule has 0 bridgehead atoms. The molecule has 0 saturated heterocycles. The lowest BCUT2D eigenvalue weighted by Gasteiger charge is -2.07. The van der Waals surface area contributed by atoms with E-state index >= 15 is 0 Å². The molecule has 0 aliphatic carbocycles. The van der Waals surface area contributed by atoms with Gasteiger partial charge in [-0.3, -0.25) is 9.59 Å². The maximum atomic E-state index is 12.1. The molecule has 0 fully saturated rings. The Balaban J connectivity index is 1.58. The maximum absolute atomic E-state index is 12.1. The first-order valence-corrected chi connectivity index (χ1v) is 7.28. The van der Waals surface area contributed by atoms with E-state index < -0.39 is 0 Å². The third-order valence-electron chi connectivity index (χ3n) is 3.43. The predicted octanol–water partition coefficient (Wildman–Crippen LogP) is 1.46. The van der Waals surface area contributed by atoms with E-state index in [4.69, 9.17) is 0 Å². The second kappa shape index (κ2) is 6.74. The lowest BCUT2D eigenvalue weighted by Crippen LogP contribution is -2.31. The number of carbonyl (C=O) groups is 1. The van der Waals surface area contributed by atoms with Crippen LogP contribution < -0.4 is 10.9 Å². The van der Waals surface area contributed by atoms with Crippen LogP contribution in [0.5, 0.6) is 0 Å². The maximum Gasteiger partial charge on any atom is 0.266 e. The number of nitrogens with one attached hydrogen (secondary N) is 1. The molecule has 0 radical (unpaired) electrons. The van der Waals surface area contributed by atoms with E-state index in [1.165, 1.54) is 10.7 Å². The lowest BCUT2D eigenvalue weighted by atomic mass is 10.2. The minimum Gasteiger partial charge on any atom is -0.350 e. The van der Waals surface area contributed by atoms with Crippen molar-refractivity contribution in [3.05, 3.63) is 83.0 Å². The van der Waals surface area contributed by atoms with Gasteiger partial charge in [0.15, 0.2) is 0 Å². The van der Waals surface area contributed by atoms with Crippen LogP contribution in [0, 0.1) is 0 Å². The van der Waals surface area contributed by atoms with E-state index in [0.29, 0.717) is 18.7 Å². The van der Waals surface area contributed by atoms with E-state index in [2.05, 4.69) is 10.4 Å². The highest BCUT2D eigenvalue weighted by molar-refractivity contribution is 5.94. The summed E-state index contributed by atoms with van der Waals surface area (Å²) in [5.41, 5.74) is 1.39. The molecule has 23 heavy (non-hydrogen) atoms. The van der Waals surface area contributed by atoms with Crippen LogP contribution in [0.1, 0.15) is 10.4 Å². The van der Waals surface area contributed by atoms with Crippen molar-refractivity contribution in [1.29, 1.82) is 0 Å². The van der Waals surface area contributed by atoms with Crippen molar-refractivity contribution >= 4 is 5.91 Å². The van der Waals surface area contributed by atoms with Crippen molar-refractivity contribution in [3.8, 4) is 5.69 Å². The van der Waals surface area contributed by atoms with E-state index in [-0.39, 0.29) is 11.5 Å². The van der Waals surface area contributed by atoms with Crippen LogP contribution in [0.3, 0.4) is 0 Å². The number of rotatable bonds is 5. The summed E-state index contributed by atoms with van der Waals surface area (Å²) in [7, 11) is 0. The Hall–Kier alpha value is -3.15. The summed E-state index contributed by atoms with van der Waals surface area (Å²) < 4.78 is 3.28. The van der Waals surface area contributed by atoms with Crippen LogP contribution in [-0.2, 0) is 6.54 Å². The van der Waals surface area contributed by atoms with Crippen molar-refractivity contribution in [1.82, 2.24) is 19.7 Å². The summed E-state index contributed by atoms with van der Waals surface area (Å²) in [6.07, 6.45) is 5.43. The molecule has 0 aliphatic heterocycles. The molecule has 2 heterocycles. The lowest BCUT2D eigenvalue weighted by molar-refractivity contribution is 0.0951. The first kappa shape index (κ1) is 14.8. The van der Waals surface area contributed by atoms with Gasteiger partial charge in [0.1, 0.15) is 0 Å². The Morgan fingerprint density at radius 1 is 1.04 bits per heavy atom. The third kappa shape index (κ3) is 3.55. The second-order valence-corrected chi connectivity index (χ2v) is 4.98. The second-order valence-electron chi connectivity index (χ2n) is 4.98. The van der Waals surface area contributed by atoms with Crippen LogP contribution in [-0.4, -0.2) is 26.8 Å². The number of hydrogen-bond donors (Lipinski definition) is 1. The molecule has 116 valence electrons. The standard InChI is InChI=1S/C17H16N4O2/c22-16-4-3-9-19-21(16)13-10-18-17(23)14-5-7-15(8-6-14)20-11-1-2-12-20/h1-9,11-12H,10,13H2,(H,18,23). The van der Waals surface area contributed by atoms with Crippen LogP contribution >= 0.6 is 0 Å². The zero-order valence-corrected chi connectivity index (χ0v) is 12.4. The average Bonchev–Trinajstić information content (AvgIpc) is 3.11. The molecule has 1 amide bonds. The Bertz CT molecular complexity index is 836. The molecule has 0 atom stereocenters. The molecular weight excluding hydrogens is 292 g/mol. The largest absolute Gasteiger partial charge is 0.350 e. The summed E-state index contributed by atoms with van der Waals surface area (Å²) in [6.45, 7) is 0.683. The summed E-state index contributed by atoms with van der Waals surface area (Å²) in [5.74, 6) is -0.173. The minimum atomic E-state index is -0.183. The molecule has 2 aromatic heterocycles. The number of benzene rings is 1. The predicted molar refractivity (Wildman–Crippen MR) is 86.6 cm³/mol. The normalized spacial score (nSPS) is 10.4. The van der Waals surface area contributed by atoms with Crippen molar-refractivity contribution in [2.24, 2.45) is 0 Å². The van der Waals surface area contributed by atoms with Gasteiger partial charge in [0.25, 0.3) is 11.5 Å². The Morgan fingerprint density at radius 3 is 2.48 bits per heavy atom. The van der Waals surface area contributed by atoms with Gasteiger partial charge in [-0.1, -0.05) is 0 Å². The third-order valence-corrected chi connectivity index (χ3v) is 3.43. The highest BCUT2D eigenvalue weighted by atomic mass is 16.1. The summed E-state index contributed by atoms with van der Waals surface area (Å²) in [4.78, 5) is 23.6. The van der Waals surface area contributed by atoms with Crippen molar-refractivity contribution in [2.75, 3.05) is 6.54 Å². The van der Waals surface area contributed by atoms with Gasteiger partial charge in [-0.15, -0.1) is 0 Å². The van der Waals surface area contributed by atoms with E-state index in [1.54, 1.807) is 24.4 Å². The Labute approximate surface area is 133 Å². The first-order valence-electron chi connectivity index (χ1n) is 7.28. The van der Waals surface area contributed by atoms with Crippen LogP contribution in [0.4, 0.5) is 0 Å². The van der Waals surface area contributed by atoms with Crippen LogP contribution in [0.2, 0.25) is 0 Å². The van der Waals surface area contributed by atoms with Crippen molar-refractivity contribution < 1.29 is 4.79 Å². The SMILES string of the molecule is O=C(NCCn1ncccc1=O)c1ccc(-n2cccc2)cc1. The van der Waals surface area contributed by atoms with Crippen LogP contribution in [0.15, 0.2) is 71.9 Å². The number of aromatic nitrogens is 3. The topological polar surface area (TPSA) is 68.9 Å². The number of amides is 1. The Kier molecular flexibility index (Phi) is 4.33. The smallest absolute Gasteiger partial charge is 0.266 e. The number of hydrogen-bond acceptors (Lipinski definition) is 3. The fraction of sp³-hybridized carbons (Fsp3) is 0.118. The molecular formula is C17H16N4O2. The Morgan fingerprint density at radius 2 is 1.78 bits per heavy atom. The molecule has 3 aromatic rings. The highest BCUT2D eigenvalue weighted by Crippen LogP contribution is 2.09. The molecule has 1 aromatic carbocycles. The molecule has 6 heteroatoms. The summed E-state index contributed by atoms with van der Waals surface area (Å²) in [5, 5.41) is 6.72. The van der Waals surface area contributed by atoms with Gasteiger partial charge in [-0.25, -0.2) is 4.68 Å². The monoisotopic (exact) mass is 308 g/mol. The molecule has 0 saturated carbocycles. The van der Waals surface area contributed by atoms with Crippen LogP contribution in [0.25, 0.3) is 5.69 Å². The van der Waals surface area contributed by atoms with Gasteiger partial charge in [0.2, 0.25) is 0 Å². The van der Waals surface area contributed by atoms with Gasteiger partial charge in [0.05, 0.1) is 6.54 Å². The van der Waals surface area contributed by atoms with E-state index in [0.717, 1.165) is 5.69 Å². The van der Waals surface area contributed by atoms with Gasteiger partial charge >= 0.3 is 0 Å². The van der Waals surface area contributed by atoms with Gasteiger partial charge in [0, 0.05) is 42.5 Å². The fourth-order valence-electron chi connectivity index (χ4n) is 2.22. The van der Waals surface area contributed by atoms with Gasteiger partial charge < -0.3 is 9.88 Å². The van der Waals surface area contributed by atoms with Gasteiger partial charge in [-0.05, 0) is 42.5 Å². The number of carbonyl (C=O) groups excluding carboxylic acids is 1. The zero-order valence-electron chi connectivity index (χ0n) is 12.4. The minimum absolute atomic E-state index is 0.173. The first-order chi connectivity index (χ1) is 11.2. The summed E-state index contributed by atoms with van der Waals surface area (Å²) in [6, 6.07) is 14.2. The summed E-state index contributed by atoms with van der Waals surface area (Å²) >= 11 is 0. The van der Waals surface area contributed by atoms with Crippen molar-refractivity contribution in [2.45, 2.75) is 6.54 Å². The zero-order chi connectivity index (χ0) is 16.1. The molecule has 3 rings (SSSR count). The highest BCUT2D eigenvalue weighted by Gasteiger charge is 2.05. The quantitative estimate of drug-likeness (QED) is 0.776. The molecule has 0 spiro atoms. The fourth-order valence-corrected chi connectivity index (χ4v) is 2.22. The number of nitrogens with zero attached hydrogens (tertiary/aromatic N) is 3. The van der Waals surface area contributed by atoms with E-state index in [1.807, 2.05) is 41.2 Å².